The van der Waals surface area contributed by atoms with Crippen LogP contribution in [-0.4, -0.2) is 35.0 Å². The first-order valence-electron chi connectivity index (χ1n) is 7.12. The smallest absolute Gasteiger partial charge is 0.230 e. The van der Waals surface area contributed by atoms with Crippen molar-refractivity contribution in [3.8, 4) is 0 Å². The molecule has 1 saturated heterocycles. The molecule has 6 heteroatoms. The number of nitrogens with zero attached hydrogens (tertiary/aromatic N) is 1. The third-order valence-electron chi connectivity index (χ3n) is 3.45. The van der Waals surface area contributed by atoms with Crippen molar-refractivity contribution in [3.05, 3.63) is 15.6 Å². The number of piperidine rings is 1. The number of rotatable bonds is 5. The zero-order valence-corrected chi connectivity index (χ0v) is 14.0. The number of aromatic nitrogens is 1. The van der Waals surface area contributed by atoms with Crippen LogP contribution in [0.2, 0.25) is 0 Å². The summed E-state index contributed by atoms with van der Waals surface area (Å²) < 4.78 is 0. The number of amides is 1. The molecule has 1 unspecified atom stereocenters. The van der Waals surface area contributed by atoms with Gasteiger partial charge in [-0.1, -0.05) is 0 Å². The zero-order chi connectivity index (χ0) is 14.5. The van der Waals surface area contributed by atoms with Crippen molar-refractivity contribution in [3.63, 3.8) is 0 Å². The van der Waals surface area contributed by atoms with Crippen LogP contribution in [0.1, 0.15) is 41.4 Å². The molecule has 1 amide bonds. The monoisotopic (exact) mass is 313 g/mol. The van der Waals surface area contributed by atoms with E-state index in [-0.39, 0.29) is 11.9 Å². The van der Waals surface area contributed by atoms with E-state index in [0.717, 1.165) is 23.8 Å². The van der Waals surface area contributed by atoms with E-state index in [1.54, 1.807) is 23.1 Å². The Kier molecular flexibility index (Phi) is 5.86. The summed E-state index contributed by atoms with van der Waals surface area (Å²) in [5.74, 6) is 0.692. The van der Waals surface area contributed by atoms with E-state index in [2.05, 4.69) is 15.6 Å². The van der Waals surface area contributed by atoms with Gasteiger partial charge in [-0.15, -0.1) is 23.1 Å². The van der Waals surface area contributed by atoms with Crippen molar-refractivity contribution in [1.29, 1.82) is 0 Å². The molecule has 0 aromatic carbocycles. The zero-order valence-electron chi connectivity index (χ0n) is 12.4. The van der Waals surface area contributed by atoms with E-state index in [4.69, 9.17) is 0 Å². The second-order valence-corrected chi connectivity index (χ2v) is 7.76. The fraction of sp³-hybridized carbons (Fsp3) is 0.714. The first-order chi connectivity index (χ1) is 9.56. The predicted octanol–water partition coefficient (Wildman–Crippen LogP) is 2.42. The molecule has 20 heavy (non-hydrogen) atoms. The Bertz CT molecular complexity index is 455. The lowest BCUT2D eigenvalue weighted by Gasteiger charge is -2.22. The van der Waals surface area contributed by atoms with E-state index in [9.17, 15) is 4.79 Å². The van der Waals surface area contributed by atoms with Crippen LogP contribution in [0, 0.1) is 13.8 Å². The van der Waals surface area contributed by atoms with E-state index in [0.29, 0.717) is 11.0 Å². The minimum Gasteiger partial charge on any atom is -0.348 e. The summed E-state index contributed by atoms with van der Waals surface area (Å²) in [6.45, 7) is 8.20. The maximum atomic E-state index is 12.0. The minimum atomic E-state index is 0.0577. The molecule has 0 spiro atoms. The number of carbonyl (C=O) groups excluding carboxylic acids is 1. The SMILES string of the molecule is Cc1nc(C)c(C(C)NC(=O)CSC2CCNCC2)s1. The molecule has 112 valence electrons. The Morgan fingerprint density at radius 1 is 1.50 bits per heavy atom. The van der Waals surface area contributed by atoms with E-state index >= 15 is 0 Å². The Labute approximate surface area is 129 Å². The van der Waals surface area contributed by atoms with Gasteiger partial charge in [0, 0.05) is 10.1 Å². The van der Waals surface area contributed by atoms with E-state index in [1.165, 1.54) is 17.7 Å². The van der Waals surface area contributed by atoms with Gasteiger partial charge in [0.2, 0.25) is 5.91 Å². The van der Waals surface area contributed by atoms with Crippen molar-refractivity contribution in [2.24, 2.45) is 0 Å². The molecule has 1 aromatic rings. The molecule has 1 atom stereocenters. The molecule has 1 aliphatic heterocycles. The van der Waals surface area contributed by atoms with Crippen LogP contribution in [-0.2, 0) is 4.79 Å². The number of hydrogen-bond donors (Lipinski definition) is 2. The molecule has 2 N–H and O–H groups in total. The van der Waals surface area contributed by atoms with Crippen molar-refractivity contribution in [2.45, 2.75) is 44.9 Å². The van der Waals surface area contributed by atoms with Crippen molar-refractivity contribution >= 4 is 29.0 Å². The van der Waals surface area contributed by atoms with Crippen LogP contribution in [0.4, 0.5) is 0 Å². The van der Waals surface area contributed by atoms with Gasteiger partial charge in [0.15, 0.2) is 0 Å². The van der Waals surface area contributed by atoms with Crippen molar-refractivity contribution in [2.75, 3.05) is 18.8 Å². The highest BCUT2D eigenvalue weighted by Gasteiger charge is 2.18. The van der Waals surface area contributed by atoms with Gasteiger partial charge in [-0.3, -0.25) is 4.79 Å². The molecule has 0 aliphatic carbocycles. The Balaban J connectivity index is 1.77. The van der Waals surface area contributed by atoms with Gasteiger partial charge in [0.25, 0.3) is 0 Å². The summed E-state index contributed by atoms with van der Waals surface area (Å²) in [5, 5.41) is 8.12. The fourth-order valence-corrected chi connectivity index (χ4v) is 4.42. The Hall–Kier alpha value is -0.590. The standard InChI is InChI=1S/C14H23N3OS2/c1-9-14(20-11(3)16-9)10(2)17-13(18)8-19-12-4-6-15-7-5-12/h10,12,15H,4-8H2,1-3H3,(H,17,18). The highest BCUT2D eigenvalue weighted by molar-refractivity contribution is 8.00. The van der Waals surface area contributed by atoms with Gasteiger partial charge in [0.1, 0.15) is 0 Å². The molecule has 4 nitrogen and oxygen atoms in total. The van der Waals surface area contributed by atoms with Gasteiger partial charge in [-0.25, -0.2) is 4.98 Å². The van der Waals surface area contributed by atoms with Crippen LogP contribution in [0.3, 0.4) is 0 Å². The molecule has 2 heterocycles. The predicted molar refractivity (Wildman–Crippen MR) is 86.5 cm³/mol. The first-order valence-corrected chi connectivity index (χ1v) is 8.98. The third kappa shape index (κ3) is 4.46. The van der Waals surface area contributed by atoms with Crippen LogP contribution < -0.4 is 10.6 Å². The third-order valence-corrected chi connectivity index (χ3v) is 6.07. The summed E-state index contributed by atoms with van der Waals surface area (Å²) in [5.41, 5.74) is 1.03. The topological polar surface area (TPSA) is 54.0 Å². The van der Waals surface area contributed by atoms with Crippen LogP contribution in [0.5, 0.6) is 0 Å². The Morgan fingerprint density at radius 3 is 2.80 bits per heavy atom. The summed E-state index contributed by atoms with van der Waals surface area (Å²) in [6.07, 6.45) is 2.33. The van der Waals surface area contributed by atoms with Crippen LogP contribution in [0.25, 0.3) is 0 Å². The van der Waals surface area contributed by atoms with E-state index in [1.807, 2.05) is 20.8 Å². The number of hydrogen-bond acceptors (Lipinski definition) is 5. The quantitative estimate of drug-likeness (QED) is 0.876. The number of thiazole rings is 1. The lowest BCUT2D eigenvalue weighted by atomic mass is 10.2. The molecular formula is C14H23N3OS2. The summed E-state index contributed by atoms with van der Waals surface area (Å²) >= 11 is 3.46. The van der Waals surface area contributed by atoms with Gasteiger partial charge in [-0.05, 0) is 46.7 Å². The van der Waals surface area contributed by atoms with E-state index < -0.39 is 0 Å². The van der Waals surface area contributed by atoms with Gasteiger partial charge in [0.05, 0.1) is 22.5 Å². The summed E-state index contributed by atoms with van der Waals surface area (Å²) in [6, 6.07) is 0.0577. The summed E-state index contributed by atoms with van der Waals surface area (Å²) in [7, 11) is 0. The lowest BCUT2D eigenvalue weighted by molar-refractivity contribution is -0.119. The molecule has 0 saturated carbocycles. The Morgan fingerprint density at radius 2 is 2.20 bits per heavy atom. The molecule has 0 radical (unpaired) electrons. The molecule has 1 fully saturated rings. The van der Waals surface area contributed by atoms with Crippen LogP contribution in [0.15, 0.2) is 0 Å². The largest absolute Gasteiger partial charge is 0.348 e. The highest BCUT2D eigenvalue weighted by atomic mass is 32.2. The normalized spacial score (nSPS) is 17.9. The number of thioether (sulfide) groups is 1. The maximum absolute atomic E-state index is 12.0. The second-order valence-electron chi connectivity index (χ2n) is 5.23. The molecule has 2 rings (SSSR count). The number of carbonyl (C=O) groups is 1. The minimum absolute atomic E-state index is 0.0577. The average Bonchev–Trinajstić information content (AvgIpc) is 2.77. The molecule has 0 bridgehead atoms. The molecule has 1 aliphatic rings. The van der Waals surface area contributed by atoms with Gasteiger partial charge in [-0.2, -0.15) is 0 Å². The average molecular weight is 313 g/mol. The second kappa shape index (κ2) is 7.43. The fourth-order valence-electron chi connectivity index (χ4n) is 2.45. The first kappa shape index (κ1) is 15.8. The van der Waals surface area contributed by atoms with Gasteiger partial charge >= 0.3 is 0 Å². The highest BCUT2D eigenvalue weighted by Crippen LogP contribution is 2.25. The maximum Gasteiger partial charge on any atom is 0.230 e. The lowest BCUT2D eigenvalue weighted by Crippen LogP contribution is -2.32. The van der Waals surface area contributed by atoms with Crippen molar-refractivity contribution in [1.82, 2.24) is 15.6 Å². The molecule has 1 aromatic heterocycles. The van der Waals surface area contributed by atoms with Crippen LogP contribution >= 0.6 is 23.1 Å². The summed E-state index contributed by atoms with van der Waals surface area (Å²) in [4.78, 5) is 17.6. The number of aryl methyl sites for hydroxylation is 2. The van der Waals surface area contributed by atoms with Crippen molar-refractivity contribution < 1.29 is 4.79 Å². The van der Waals surface area contributed by atoms with Gasteiger partial charge < -0.3 is 10.6 Å². The molecular weight excluding hydrogens is 290 g/mol. The number of nitrogens with one attached hydrogen (secondary N) is 2.